The van der Waals surface area contributed by atoms with E-state index >= 15 is 0 Å². The Morgan fingerprint density at radius 2 is 1.80 bits per heavy atom. The monoisotopic (exact) mass is 428 g/mol. The minimum absolute atomic E-state index is 0.129. The summed E-state index contributed by atoms with van der Waals surface area (Å²) in [5.41, 5.74) is 3.07. The average molecular weight is 429 g/mol. The Hall–Kier alpha value is -2.29. The molecule has 7 nitrogen and oxygen atoms in total. The number of hydrogen-bond acceptors (Lipinski definition) is 5. The molecule has 2 saturated heterocycles. The zero-order chi connectivity index (χ0) is 21.3. The molecule has 0 spiro atoms. The van der Waals surface area contributed by atoms with Gasteiger partial charge in [0.05, 0.1) is 10.9 Å². The topological polar surface area (TPSA) is 73.8 Å². The van der Waals surface area contributed by atoms with Crippen molar-refractivity contribution in [3.63, 3.8) is 0 Å². The summed E-state index contributed by atoms with van der Waals surface area (Å²) in [6, 6.07) is 8.97. The fourth-order valence-corrected chi connectivity index (χ4v) is 5.72. The summed E-state index contributed by atoms with van der Waals surface area (Å²) in [4.78, 5) is 21.4. The van der Waals surface area contributed by atoms with E-state index in [1.807, 2.05) is 36.9 Å². The van der Waals surface area contributed by atoms with Gasteiger partial charge in [0.25, 0.3) is 0 Å². The summed E-state index contributed by atoms with van der Waals surface area (Å²) in [5.74, 6) is 0.129. The van der Waals surface area contributed by atoms with E-state index in [2.05, 4.69) is 9.88 Å². The second-order valence-electron chi connectivity index (χ2n) is 8.11. The van der Waals surface area contributed by atoms with Crippen molar-refractivity contribution in [2.75, 3.05) is 32.7 Å². The maximum absolute atomic E-state index is 13.0. The zero-order valence-corrected chi connectivity index (χ0v) is 18.3. The van der Waals surface area contributed by atoms with Gasteiger partial charge in [-0.05, 0) is 55.2 Å². The highest BCUT2D eigenvalue weighted by atomic mass is 32.2. The van der Waals surface area contributed by atoms with Crippen molar-refractivity contribution in [2.24, 2.45) is 0 Å². The minimum Gasteiger partial charge on any atom is -0.337 e. The third kappa shape index (κ3) is 4.12. The van der Waals surface area contributed by atoms with E-state index < -0.39 is 10.0 Å². The van der Waals surface area contributed by atoms with Gasteiger partial charge < -0.3 is 4.90 Å². The maximum Gasteiger partial charge on any atom is 0.243 e. The van der Waals surface area contributed by atoms with Gasteiger partial charge in [-0.15, -0.1) is 0 Å². The van der Waals surface area contributed by atoms with Crippen molar-refractivity contribution in [3.8, 4) is 0 Å². The number of pyridine rings is 1. The van der Waals surface area contributed by atoms with Gasteiger partial charge >= 0.3 is 0 Å². The number of benzene rings is 1. The number of nitrogens with zero attached hydrogens (tertiary/aromatic N) is 4. The van der Waals surface area contributed by atoms with Crippen LogP contribution in [-0.4, -0.2) is 72.2 Å². The van der Waals surface area contributed by atoms with Crippen molar-refractivity contribution in [2.45, 2.75) is 37.8 Å². The molecular formula is C22H28N4O3S. The summed E-state index contributed by atoms with van der Waals surface area (Å²) >= 11 is 0. The Morgan fingerprint density at radius 3 is 2.47 bits per heavy atom. The van der Waals surface area contributed by atoms with Crippen LogP contribution in [0.25, 0.3) is 0 Å². The number of sulfonamides is 1. The summed E-state index contributed by atoms with van der Waals surface area (Å²) in [5, 5.41) is 0. The van der Waals surface area contributed by atoms with E-state index in [-0.39, 0.29) is 11.9 Å². The quantitative estimate of drug-likeness (QED) is 0.726. The first-order valence-corrected chi connectivity index (χ1v) is 11.8. The maximum atomic E-state index is 13.0. The first-order valence-electron chi connectivity index (χ1n) is 10.4. The lowest BCUT2D eigenvalue weighted by atomic mass is 10.1. The summed E-state index contributed by atoms with van der Waals surface area (Å²) in [6.45, 7) is 7.14. The lowest BCUT2D eigenvalue weighted by Crippen LogP contribution is -2.53. The molecule has 1 amide bonds. The molecule has 30 heavy (non-hydrogen) atoms. The third-order valence-corrected chi connectivity index (χ3v) is 8.09. The first kappa shape index (κ1) is 21.0. The van der Waals surface area contributed by atoms with Gasteiger partial charge in [-0.1, -0.05) is 12.1 Å². The second kappa shape index (κ2) is 8.45. The number of aromatic nitrogens is 1. The van der Waals surface area contributed by atoms with Crippen LogP contribution >= 0.6 is 0 Å². The largest absolute Gasteiger partial charge is 0.337 e. The number of hydrogen-bond donors (Lipinski definition) is 0. The van der Waals surface area contributed by atoms with Gasteiger partial charge in [-0.3, -0.25) is 14.7 Å². The normalized spacial score (nSPS) is 21.3. The molecule has 1 unspecified atom stereocenters. The summed E-state index contributed by atoms with van der Waals surface area (Å²) in [6.07, 6.45) is 4.30. The highest BCUT2D eigenvalue weighted by molar-refractivity contribution is 7.89. The lowest BCUT2D eigenvalue weighted by Gasteiger charge is -2.36. The molecule has 3 heterocycles. The van der Waals surface area contributed by atoms with Crippen LogP contribution in [0.5, 0.6) is 0 Å². The SMILES string of the molecule is Cc1ccc(S(=O)(=O)N2CCN(C3CCN(Cc4cccnc4)C3=O)CC2)cc1C. The van der Waals surface area contributed by atoms with E-state index in [1.54, 1.807) is 28.8 Å². The molecule has 0 saturated carbocycles. The number of piperazine rings is 1. The van der Waals surface area contributed by atoms with Crippen LogP contribution in [0, 0.1) is 13.8 Å². The first-order chi connectivity index (χ1) is 14.4. The molecule has 1 aromatic carbocycles. The van der Waals surface area contributed by atoms with Crippen molar-refractivity contribution >= 4 is 15.9 Å². The fourth-order valence-electron chi connectivity index (χ4n) is 4.21. The minimum atomic E-state index is -3.51. The molecule has 0 bridgehead atoms. The smallest absolute Gasteiger partial charge is 0.243 e. The van der Waals surface area contributed by atoms with Gasteiger partial charge in [0, 0.05) is 51.7 Å². The molecule has 4 rings (SSSR count). The van der Waals surface area contributed by atoms with Crippen LogP contribution in [0.4, 0.5) is 0 Å². The highest BCUT2D eigenvalue weighted by Gasteiger charge is 2.38. The van der Waals surface area contributed by atoms with Crippen LogP contribution in [0.2, 0.25) is 0 Å². The van der Waals surface area contributed by atoms with Crippen LogP contribution in [0.3, 0.4) is 0 Å². The summed E-state index contributed by atoms with van der Waals surface area (Å²) < 4.78 is 27.6. The Morgan fingerprint density at radius 1 is 1.03 bits per heavy atom. The predicted molar refractivity (Wildman–Crippen MR) is 114 cm³/mol. The van der Waals surface area contributed by atoms with Crippen molar-refractivity contribution in [3.05, 3.63) is 59.4 Å². The Kier molecular flexibility index (Phi) is 5.90. The van der Waals surface area contributed by atoms with Gasteiger partial charge in [0.15, 0.2) is 0 Å². The van der Waals surface area contributed by atoms with Crippen LogP contribution in [0.15, 0.2) is 47.6 Å². The molecule has 1 aromatic heterocycles. The molecule has 160 valence electrons. The number of rotatable bonds is 5. The molecule has 1 atom stereocenters. The molecule has 0 N–H and O–H groups in total. The predicted octanol–water partition coefficient (Wildman–Crippen LogP) is 1.81. The Bertz CT molecular complexity index is 1020. The lowest BCUT2D eigenvalue weighted by molar-refractivity contribution is -0.133. The van der Waals surface area contributed by atoms with Crippen LogP contribution in [0.1, 0.15) is 23.1 Å². The van der Waals surface area contributed by atoms with Crippen LogP contribution in [-0.2, 0) is 21.4 Å². The molecule has 0 aliphatic carbocycles. The molecule has 0 radical (unpaired) electrons. The van der Waals surface area contributed by atoms with E-state index in [4.69, 9.17) is 0 Å². The molecule has 2 aliphatic rings. The van der Waals surface area contributed by atoms with Crippen LogP contribution < -0.4 is 0 Å². The number of aryl methyl sites for hydroxylation is 2. The summed E-state index contributed by atoms with van der Waals surface area (Å²) in [7, 11) is -3.51. The molecule has 2 aliphatic heterocycles. The van der Waals surface area contributed by atoms with Crippen molar-refractivity contribution < 1.29 is 13.2 Å². The van der Waals surface area contributed by atoms with Crippen molar-refractivity contribution in [1.29, 1.82) is 0 Å². The number of carbonyl (C=O) groups is 1. The number of amides is 1. The third-order valence-electron chi connectivity index (χ3n) is 6.20. The molecule has 2 fully saturated rings. The number of likely N-dealkylation sites (tertiary alicyclic amines) is 1. The Labute approximate surface area is 178 Å². The van der Waals surface area contributed by atoms with Gasteiger partial charge in [-0.2, -0.15) is 4.31 Å². The van der Waals surface area contributed by atoms with Gasteiger partial charge in [0.1, 0.15) is 0 Å². The van der Waals surface area contributed by atoms with E-state index in [0.717, 1.165) is 29.7 Å². The molecule has 2 aromatic rings. The van der Waals surface area contributed by atoms with E-state index in [0.29, 0.717) is 37.6 Å². The van der Waals surface area contributed by atoms with Gasteiger partial charge in [-0.25, -0.2) is 8.42 Å². The Balaban J connectivity index is 1.37. The fraction of sp³-hybridized carbons (Fsp3) is 0.455. The van der Waals surface area contributed by atoms with Crippen molar-refractivity contribution in [1.82, 2.24) is 19.1 Å². The zero-order valence-electron chi connectivity index (χ0n) is 17.5. The molecular weight excluding hydrogens is 400 g/mol. The average Bonchev–Trinajstić information content (AvgIpc) is 3.11. The second-order valence-corrected chi connectivity index (χ2v) is 10.0. The molecule has 8 heteroatoms. The standard InChI is InChI=1S/C22H28N4O3S/c1-17-5-6-20(14-18(17)2)30(28,29)26-12-10-24(11-13-26)21-7-9-25(22(21)27)16-19-4-3-8-23-15-19/h3-6,8,14-15,21H,7,9-13,16H2,1-2H3. The number of carbonyl (C=O) groups excluding carboxylic acids is 1. The van der Waals surface area contributed by atoms with E-state index in [1.165, 1.54) is 0 Å². The highest BCUT2D eigenvalue weighted by Crippen LogP contribution is 2.24. The van der Waals surface area contributed by atoms with Gasteiger partial charge in [0.2, 0.25) is 15.9 Å². The van der Waals surface area contributed by atoms with E-state index in [9.17, 15) is 13.2 Å².